The molecule has 4 aromatic rings. The van der Waals surface area contributed by atoms with Crippen molar-refractivity contribution in [3.63, 3.8) is 0 Å². The third kappa shape index (κ3) is 5.19. The van der Waals surface area contributed by atoms with Gasteiger partial charge in [-0.05, 0) is 17.2 Å². The van der Waals surface area contributed by atoms with Crippen LogP contribution >= 0.6 is 27.3 Å². The van der Waals surface area contributed by atoms with E-state index in [2.05, 4.69) is 43.5 Å². The van der Waals surface area contributed by atoms with Gasteiger partial charge in [-0.3, -0.25) is 4.79 Å². The largest absolute Gasteiger partial charge is 0.311 e. The number of halogens is 1. The number of anilines is 1. The van der Waals surface area contributed by atoms with E-state index in [0.717, 1.165) is 27.2 Å². The molecule has 0 bridgehead atoms. The minimum absolute atomic E-state index is 0.101. The standard InChI is InChI=1S/C22H19BrN4OS/c23-19-9-5-4-8-17(19)14-27-20(10-11-24-27)26-21(28)13-18-15-29-22(25-18)12-16-6-2-1-3-7-16/h1-11,15H,12-14H2,(H,26,28). The van der Waals surface area contributed by atoms with Crippen LogP contribution in [-0.4, -0.2) is 20.7 Å². The number of aromatic nitrogens is 3. The van der Waals surface area contributed by atoms with Crippen molar-refractivity contribution in [1.29, 1.82) is 0 Å². The van der Waals surface area contributed by atoms with E-state index in [1.807, 2.05) is 47.8 Å². The lowest BCUT2D eigenvalue weighted by atomic mass is 10.2. The van der Waals surface area contributed by atoms with E-state index in [4.69, 9.17) is 0 Å². The van der Waals surface area contributed by atoms with Crippen LogP contribution in [-0.2, 0) is 24.2 Å². The van der Waals surface area contributed by atoms with E-state index in [0.29, 0.717) is 12.4 Å². The SMILES string of the molecule is O=C(Cc1csc(Cc2ccccc2)n1)Nc1ccnn1Cc1ccccc1Br. The molecule has 2 aromatic heterocycles. The lowest BCUT2D eigenvalue weighted by Crippen LogP contribution is -2.18. The average Bonchev–Trinajstić information content (AvgIpc) is 3.34. The summed E-state index contributed by atoms with van der Waals surface area (Å²) in [4.78, 5) is 17.1. The maximum absolute atomic E-state index is 12.5. The number of thiazole rings is 1. The number of nitrogens with one attached hydrogen (secondary N) is 1. The summed E-state index contributed by atoms with van der Waals surface area (Å²) in [6.45, 7) is 0.571. The molecule has 0 saturated carbocycles. The third-order valence-electron chi connectivity index (χ3n) is 4.40. The molecule has 0 aliphatic rings. The molecule has 4 rings (SSSR count). The number of carbonyl (C=O) groups is 1. The van der Waals surface area contributed by atoms with Gasteiger partial charge in [0.1, 0.15) is 5.82 Å². The van der Waals surface area contributed by atoms with Gasteiger partial charge in [0.15, 0.2) is 0 Å². The molecule has 0 fully saturated rings. The Kier molecular flexibility index (Phi) is 6.17. The maximum atomic E-state index is 12.5. The highest BCUT2D eigenvalue weighted by atomic mass is 79.9. The number of rotatable bonds is 7. The molecular formula is C22H19BrN4OS. The Bertz CT molecular complexity index is 1110. The Morgan fingerprint density at radius 3 is 2.69 bits per heavy atom. The highest BCUT2D eigenvalue weighted by molar-refractivity contribution is 9.10. The fourth-order valence-corrected chi connectivity index (χ4v) is 4.22. The first-order chi connectivity index (χ1) is 14.2. The van der Waals surface area contributed by atoms with Crippen LogP contribution in [0.3, 0.4) is 0 Å². The summed E-state index contributed by atoms with van der Waals surface area (Å²) in [5, 5.41) is 10.2. The molecule has 0 radical (unpaired) electrons. The molecular weight excluding hydrogens is 448 g/mol. The molecule has 0 saturated heterocycles. The van der Waals surface area contributed by atoms with Gasteiger partial charge < -0.3 is 5.32 Å². The maximum Gasteiger partial charge on any atom is 0.231 e. The van der Waals surface area contributed by atoms with Crippen LogP contribution < -0.4 is 5.32 Å². The molecule has 2 heterocycles. The summed E-state index contributed by atoms with van der Waals surface area (Å²) in [6, 6.07) is 20.0. The molecule has 0 aliphatic carbocycles. The van der Waals surface area contributed by atoms with E-state index in [1.165, 1.54) is 5.56 Å². The van der Waals surface area contributed by atoms with Crippen LogP contribution in [0.2, 0.25) is 0 Å². The Labute approximate surface area is 181 Å². The van der Waals surface area contributed by atoms with Gasteiger partial charge >= 0.3 is 0 Å². The summed E-state index contributed by atoms with van der Waals surface area (Å²) in [5.41, 5.74) is 3.10. The van der Waals surface area contributed by atoms with E-state index < -0.39 is 0 Å². The third-order valence-corrected chi connectivity index (χ3v) is 6.07. The molecule has 1 N–H and O–H groups in total. The smallest absolute Gasteiger partial charge is 0.231 e. The van der Waals surface area contributed by atoms with Crippen LogP contribution in [0.15, 0.2) is 76.7 Å². The molecule has 146 valence electrons. The van der Waals surface area contributed by atoms with Crippen molar-refractivity contribution in [2.75, 3.05) is 5.32 Å². The minimum Gasteiger partial charge on any atom is -0.311 e. The van der Waals surface area contributed by atoms with Crippen LogP contribution in [0.4, 0.5) is 5.82 Å². The number of amides is 1. The van der Waals surface area contributed by atoms with Crippen molar-refractivity contribution in [2.24, 2.45) is 0 Å². The first kappa shape index (κ1) is 19.5. The summed E-state index contributed by atoms with van der Waals surface area (Å²) >= 11 is 5.14. The van der Waals surface area contributed by atoms with E-state index >= 15 is 0 Å². The van der Waals surface area contributed by atoms with Gasteiger partial charge in [-0.15, -0.1) is 11.3 Å². The second-order valence-electron chi connectivity index (χ2n) is 6.59. The van der Waals surface area contributed by atoms with E-state index in [-0.39, 0.29) is 12.3 Å². The number of hydrogen-bond donors (Lipinski definition) is 1. The Balaban J connectivity index is 1.37. The van der Waals surface area contributed by atoms with E-state index in [1.54, 1.807) is 28.3 Å². The summed E-state index contributed by atoms with van der Waals surface area (Å²) in [5.74, 6) is 0.570. The van der Waals surface area contributed by atoms with Gasteiger partial charge in [-0.1, -0.05) is 64.5 Å². The lowest BCUT2D eigenvalue weighted by molar-refractivity contribution is -0.115. The molecule has 5 nitrogen and oxygen atoms in total. The molecule has 7 heteroatoms. The van der Waals surface area contributed by atoms with Gasteiger partial charge in [0.25, 0.3) is 0 Å². The Morgan fingerprint density at radius 2 is 1.86 bits per heavy atom. The molecule has 29 heavy (non-hydrogen) atoms. The van der Waals surface area contributed by atoms with Crippen molar-refractivity contribution in [3.05, 3.63) is 98.5 Å². The van der Waals surface area contributed by atoms with Crippen LogP contribution in [0, 0.1) is 0 Å². The second kappa shape index (κ2) is 9.15. The summed E-state index contributed by atoms with van der Waals surface area (Å²) < 4.78 is 2.79. The van der Waals surface area contributed by atoms with Gasteiger partial charge in [0.2, 0.25) is 5.91 Å². The number of nitrogens with zero attached hydrogens (tertiary/aromatic N) is 3. The Hall–Kier alpha value is -2.77. The van der Waals surface area contributed by atoms with Crippen molar-refractivity contribution in [1.82, 2.24) is 14.8 Å². The molecule has 2 aromatic carbocycles. The fraction of sp³-hybridized carbons (Fsp3) is 0.136. The number of carbonyl (C=O) groups excluding carboxylic acids is 1. The molecule has 0 unspecified atom stereocenters. The van der Waals surface area contributed by atoms with Crippen LogP contribution in [0.1, 0.15) is 21.8 Å². The van der Waals surface area contributed by atoms with Gasteiger partial charge in [0, 0.05) is 22.3 Å². The van der Waals surface area contributed by atoms with Gasteiger partial charge in [-0.25, -0.2) is 9.67 Å². The van der Waals surface area contributed by atoms with E-state index in [9.17, 15) is 4.79 Å². The normalized spacial score (nSPS) is 10.8. The molecule has 1 amide bonds. The predicted molar refractivity (Wildman–Crippen MR) is 119 cm³/mol. The van der Waals surface area contributed by atoms with Gasteiger partial charge in [-0.2, -0.15) is 5.10 Å². The lowest BCUT2D eigenvalue weighted by Gasteiger charge is -2.10. The zero-order chi connectivity index (χ0) is 20.1. The first-order valence-electron chi connectivity index (χ1n) is 9.19. The first-order valence-corrected chi connectivity index (χ1v) is 10.9. The highest BCUT2D eigenvalue weighted by Crippen LogP contribution is 2.19. The van der Waals surface area contributed by atoms with Crippen LogP contribution in [0.25, 0.3) is 0 Å². The topological polar surface area (TPSA) is 59.8 Å². The highest BCUT2D eigenvalue weighted by Gasteiger charge is 2.12. The van der Waals surface area contributed by atoms with Crippen molar-refractivity contribution in [3.8, 4) is 0 Å². The number of hydrogen-bond acceptors (Lipinski definition) is 4. The van der Waals surface area contributed by atoms with Crippen molar-refractivity contribution < 1.29 is 4.79 Å². The zero-order valence-corrected chi connectivity index (χ0v) is 18.0. The van der Waals surface area contributed by atoms with Crippen LogP contribution in [0.5, 0.6) is 0 Å². The minimum atomic E-state index is -0.101. The monoisotopic (exact) mass is 466 g/mol. The number of benzene rings is 2. The quantitative estimate of drug-likeness (QED) is 0.420. The van der Waals surface area contributed by atoms with Gasteiger partial charge in [0.05, 0.1) is 29.9 Å². The summed E-state index contributed by atoms with van der Waals surface area (Å²) in [6.07, 6.45) is 2.71. The summed E-state index contributed by atoms with van der Waals surface area (Å²) in [7, 11) is 0. The Morgan fingerprint density at radius 1 is 1.07 bits per heavy atom. The fourth-order valence-electron chi connectivity index (χ4n) is 2.99. The molecule has 0 spiro atoms. The van der Waals surface area contributed by atoms with Crippen molar-refractivity contribution >= 4 is 39.0 Å². The second-order valence-corrected chi connectivity index (χ2v) is 8.38. The zero-order valence-electron chi connectivity index (χ0n) is 15.6. The van der Waals surface area contributed by atoms with Crippen molar-refractivity contribution in [2.45, 2.75) is 19.4 Å². The molecule has 0 atom stereocenters. The average molecular weight is 467 g/mol. The predicted octanol–water partition coefficient (Wildman–Crippen LogP) is 4.92. The molecule has 0 aliphatic heterocycles.